The van der Waals surface area contributed by atoms with Gasteiger partial charge in [-0.25, -0.2) is 4.79 Å². The highest BCUT2D eigenvalue weighted by atomic mass is 79.9. The lowest BCUT2D eigenvalue weighted by atomic mass is 9.83. The molecule has 0 aliphatic carbocycles. The Kier molecular flexibility index (Phi) is 4.90. The highest BCUT2D eigenvalue weighted by molar-refractivity contribution is 9.10. The predicted molar refractivity (Wildman–Crippen MR) is 98.5 cm³/mol. The number of carbonyl (C=O) groups excluding carboxylic acids is 2. The van der Waals surface area contributed by atoms with Crippen LogP contribution in [-0.4, -0.2) is 18.9 Å². The van der Waals surface area contributed by atoms with Crippen LogP contribution in [0.3, 0.4) is 0 Å². The van der Waals surface area contributed by atoms with Crippen molar-refractivity contribution >= 4 is 27.7 Å². The van der Waals surface area contributed by atoms with Crippen LogP contribution in [-0.2, 0) is 0 Å². The van der Waals surface area contributed by atoms with E-state index in [0.717, 1.165) is 4.47 Å². The van der Waals surface area contributed by atoms with Crippen molar-refractivity contribution in [2.75, 3.05) is 7.11 Å². The van der Waals surface area contributed by atoms with Crippen molar-refractivity contribution in [3.05, 3.63) is 76.4 Å². The van der Waals surface area contributed by atoms with Crippen LogP contribution in [0.15, 0.2) is 65.3 Å². The molecule has 1 aliphatic heterocycles. The first-order valence-electron chi connectivity index (χ1n) is 7.70. The number of Topliss-reactive ketones (excluding diaryl/α,β-unsaturated/α-hetero) is 1. The number of hydrogen-bond acceptors (Lipinski definition) is 3. The van der Waals surface area contributed by atoms with Gasteiger partial charge in [0.2, 0.25) is 0 Å². The normalized spacial score (nSPS) is 19.8. The smallest absolute Gasteiger partial charge is 0.319 e. The van der Waals surface area contributed by atoms with E-state index in [1.807, 2.05) is 18.2 Å². The van der Waals surface area contributed by atoms with Gasteiger partial charge < -0.3 is 15.4 Å². The summed E-state index contributed by atoms with van der Waals surface area (Å²) in [7, 11) is 1.55. The molecule has 0 spiro atoms. The third-order valence-corrected chi connectivity index (χ3v) is 4.63. The van der Waals surface area contributed by atoms with E-state index in [1.54, 1.807) is 37.4 Å². The summed E-state index contributed by atoms with van der Waals surface area (Å²) in [6.45, 7) is 3.90. The van der Waals surface area contributed by atoms with Gasteiger partial charge in [0.15, 0.2) is 5.78 Å². The number of methoxy groups -OCH3 is 1. The topological polar surface area (TPSA) is 67.4 Å². The molecule has 128 valence electrons. The van der Waals surface area contributed by atoms with E-state index in [0.29, 0.717) is 22.6 Å². The number of ketones is 1. The molecular formula is C19H17BrN2O3. The molecule has 1 heterocycles. The molecule has 1 aliphatic rings. The molecule has 0 saturated carbocycles. The van der Waals surface area contributed by atoms with Gasteiger partial charge in [0.05, 0.1) is 19.1 Å². The lowest BCUT2D eigenvalue weighted by Gasteiger charge is -2.34. The number of halogens is 1. The molecule has 0 radical (unpaired) electrons. The van der Waals surface area contributed by atoms with E-state index in [4.69, 9.17) is 4.74 Å². The Bertz CT molecular complexity index is 836. The molecule has 1 fully saturated rings. The molecule has 2 aromatic rings. The Morgan fingerprint density at radius 1 is 1.20 bits per heavy atom. The third-order valence-electron chi connectivity index (χ3n) is 4.14. The largest absolute Gasteiger partial charge is 0.496 e. The fourth-order valence-electron chi connectivity index (χ4n) is 2.98. The minimum atomic E-state index is -0.650. The van der Waals surface area contributed by atoms with Crippen LogP contribution in [0.5, 0.6) is 5.75 Å². The van der Waals surface area contributed by atoms with Crippen molar-refractivity contribution < 1.29 is 14.3 Å². The van der Waals surface area contributed by atoms with Gasteiger partial charge in [-0.1, -0.05) is 52.8 Å². The lowest BCUT2D eigenvalue weighted by molar-refractivity contribution is 0.0904. The Morgan fingerprint density at radius 3 is 2.60 bits per heavy atom. The molecule has 2 N–H and O–H groups in total. The van der Waals surface area contributed by atoms with Crippen molar-refractivity contribution in [3.8, 4) is 5.75 Å². The van der Waals surface area contributed by atoms with Crippen LogP contribution >= 0.6 is 15.9 Å². The van der Waals surface area contributed by atoms with E-state index < -0.39 is 18.0 Å². The van der Waals surface area contributed by atoms with E-state index >= 15 is 0 Å². The zero-order valence-electron chi connectivity index (χ0n) is 13.6. The molecule has 0 bridgehead atoms. The fraction of sp³-hybridized carbons (Fsp3) is 0.158. The Labute approximate surface area is 154 Å². The summed E-state index contributed by atoms with van der Waals surface area (Å²) in [6, 6.07) is 13.5. The summed E-state index contributed by atoms with van der Waals surface area (Å²) < 4.78 is 6.25. The molecule has 25 heavy (non-hydrogen) atoms. The first-order chi connectivity index (χ1) is 12.0. The van der Waals surface area contributed by atoms with E-state index in [9.17, 15) is 9.59 Å². The average molecular weight is 401 g/mol. The summed E-state index contributed by atoms with van der Waals surface area (Å²) in [5, 5.41) is 5.45. The zero-order valence-corrected chi connectivity index (χ0v) is 15.2. The molecular weight excluding hydrogens is 384 g/mol. The molecule has 1 saturated heterocycles. The average Bonchev–Trinajstić information content (AvgIpc) is 2.61. The van der Waals surface area contributed by atoms with E-state index in [1.165, 1.54) is 0 Å². The van der Waals surface area contributed by atoms with Crippen LogP contribution in [0.25, 0.3) is 0 Å². The van der Waals surface area contributed by atoms with Gasteiger partial charge in [-0.15, -0.1) is 0 Å². The Morgan fingerprint density at radius 2 is 1.92 bits per heavy atom. The van der Waals surface area contributed by atoms with Gasteiger partial charge in [0.1, 0.15) is 5.75 Å². The van der Waals surface area contributed by atoms with Crippen molar-refractivity contribution in [3.63, 3.8) is 0 Å². The summed E-state index contributed by atoms with van der Waals surface area (Å²) in [5.41, 5.74) is 1.64. The lowest BCUT2D eigenvalue weighted by Crippen LogP contribution is -2.50. The van der Waals surface area contributed by atoms with Crippen molar-refractivity contribution in [2.24, 2.45) is 5.92 Å². The van der Waals surface area contributed by atoms with Crippen LogP contribution in [0.1, 0.15) is 22.0 Å². The summed E-state index contributed by atoms with van der Waals surface area (Å²) in [5.74, 6) is -0.178. The SMILES string of the molecule is C=C1NC(=O)N[C@H](c2cc(Br)ccc2OC)[C@H]1C(=O)c1ccccc1. The van der Waals surface area contributed by atoms with Crippen LogP contribution in [0.4, 0.5) is 4.79 Å². The second-order valence-electron chi connectivity index (χ2n) is 5.70. The minimum absolute atomic E-state index is 0.120. The maximum atomic E-state index is 13.1. The standard InChI is InChI=1S/C19H17BrN2O3/c1-11-16(18(23)12-6-4-3-5-7-12)17(22-19(24)21-11)14-10-13(20)8-9-15(14)25-2/h3-10,16-17H,1H2,2H3,(H2,21,22,24)/t16-,17+/m0/s1. The molecule has 0 unspecified atom stereocenters. The maximum absolute atomic E-state index is 13.1. The Balaban J connectivity index is 2.08. The van der Waals surface area contributed by atoms with Crippen LogP contribution < -0.4 is 15.4 Å². The summed E-state index contributed by atoms with van der Waals surface area (Å²) in [6.07, 6.45) is 0. The van der Waals surface area contributed by atoms with E-state index in [2.05, 4.69) is 33.1 Å². The fourth-order valence-corrected chi connectivity index (χ4v) is 3.36. The van der Waals surface area contributed by atoms with Gasteiger partial charge in [-0.3, -0.25) is 4.79 Å². The molecule has 2 atom stereocenters. The van der Waals surface area contributed by atoms with Crippen molar-refractivity contribution in [1.29, 1.82) is 0 Å². The predicted octanol–water partition coefficient (Wildman–Crippen LogP) is 3.82. The number of hydrogen-bond donors (Lipinski definition) is 2. The molecule has 2 amide bonds. The van der Waals surface area contributed by atoms with E-state index in [-0.39, 0.29) is 5.78 Å². The molecule has 2 aromatic carbocycles. The van der Waals surface area contributed by atoms with Gasteiger partial charge in [0, 0.05) is 21.3 Å². The number of urea groups is 1. The highest BCUT2D eigenvalue weighted by Gasteiger charge is 2.39. The number of amides is 2. The molecule has 5 nitrogen and oxygen atoms in total. The second-order valence-corrected chi connectivity index (χ2v) is 6.61. The quantitative estimate of drug-likeness (QED) is 0.766. The van der Waals surface area contributed by atoms with Gasteiger partial charge in [-0.2, -0.15) is 0 Å². The van der Waals surface area contributed by atoms with Crippen LogP contribution in [0.2, 0.25) is 0 Å². The highest BCUT2D eigenvalue weighted by Crippen LogP contribution is 2.37. The van der Waals surface area contributed by atoms with Crippen molar-refractivity contribution in [1.82, 2.24) is 10.6 Å². The zero-order chi connectivity index (χ0) is 18.0. The minimum Gasteiger partial charge on any atom is -0.496 e. The van der Waals surface area contributed by atoms with Crippen LogP contribution in [0, 0.1) is 5.92 Å². The summed E-state index contributed by atoms with van der Waals surface area (Å²) >= 11 is 3.43. The van der Waals surface area contributed by atoms with Gasteiger partial charge in [0.25, 0.3) is 0 Å². The van der Waals surface area contributed by atoms with Crippen molar-refractivity contribution in [2.45, 2.75) is 6.04 Å². The number of ether oxygens (including phenoxy) is 1. The second kappa shape index (κ2) is 7.11. The monoisotopic (exact) mass is 400 g/mol. The molecule has 3 rings (SSSR count). The van der Waals surface area contributed by atoms with Gasteiger partial charge in [-0.05, 0) is 18.2 Å². The number of rotatable bonds is 4. The Hall–Kier alpha value is -2.60. The molecule has 0 aromatic heterocycles. The summed E-state index contributed by atoms with van der Waals surface area (Å²) in [4.78, 5) is 25.1. The maximum Gasteiger partial charge on any atom is 0.319 e. The van der Waals surface area contributed by atoms with Gasteiger partial charge >= 0.3 is 6.03 Å². The number of carbonyl (C=O) groups is 2. The first-order valence-corrected chi connectivity index (χ1v) is 8.49. The first kappa shape index (κ1) is 17.2. The number of benzene rings is 2. The number of nitrogens with one attached hydrogen (secondary N) is 2. The molecule has 6 heteroatoms. The third kappa shape index (κ3) is 3.44.